The van der Waals surface area contributed by atoms with Crippen molar-refractivity contribution in [3.8, 4) is 0 Å². The number of benzene rings is 1. The van der Waals surface area contributed by atoms with Crippen molar-refractivity contribution in [3.05, 3.63) is 41.8 Å². The van der Waals surface area contributed by atoms with E-state index < -0.39 is 11.7 Å². The molecule has 0 unspecified atom stereocenters. The normalized spacial score (nSPS) is 11.7. The van der Waals surface area contributed by atoms with Crippen LogP contribution in [0.1, 0.15) is 18.1 Å². The van der Waals surface area contributed by atoms with E-state index in [2.05, 4.69) is 0 Å². The van der Waals surface area contributed by atoms with Gasteiger partial charge in [0.05, 0.1) is 5.56 Å². The van der Waals surface area contributed by atoms with E-state index >= 15 is 0 Å². The van der Waals surface area contributed by atoms with Crippen molar-refractivity contribution in [1.29, 1.82) is 0 Å². The van der Waals surface area contributed by atoms with Crippen LogP contribution in [0, 0.1) is 6.42 Å². The molecule has 0 nitrogen and oxygen atoms in total. The fourth-order valence-corrected chi connectivity index (χ4v) is 1.11. The third-order valence-corrected chi connectivity index (χ3v) is 1.69. The summed E-state index contributed by atoms with van der Waals surface area (Å²) in [4.78, 5) is 0. The van der Waals surface area contributed by atoms with Crippen molar-refractivity contribution in [2.24, 2.45) is 0 Å². The first-order chi connectivity index (χ1) is 6.04. The number of alkyl halides is 3. The van der Waals surface area contributed by atoms with Gasteiger partial charge in [-0.05, 0) is 24.5 Å². The molecular formula is C10H10F3. The molecule has 0 bridgehead atoms. The summed E-state index contributed by atoms with van der Waals surface area (Å²) in [6, 6.07) is 5.38. The summed E-state index contributed by atoms with van der Waals surface area (Å²) < 4.78 is 36.6. The Labute approximate surface area is 75.4 Å². The van der Waals surface area contributed by atoms with E-state index in [1.54, 1.807) is 6.07 Å². The fourth-order valence-electron chi connectivity index (χ4n) is 1.11. The molecular weight excluding hydrogens is 177 g/mol. The summed E-state index contributed by atoms with van der Waals surface area (Å²) in [5.74, 6) is 0. The predicted molar refractivity (Wildman–Crippen MR) is 45.1 cm³/mol. The Kier molecular flexibility index (Phi) is 2.96. The van der Waals surface area contributed by atoms with Gasteiger partial charge in [-0.1, -0.05) is 25.1 Å². The second-order valence-electron chi connectivity index (χ2n) is 2.81. The first kappa shape index (κ1) is 10.1. The lowest BCUT2D eigenvalue weighted by Crippen LogP contribution is -2.05. The number of rotatable bonds is 2. The van der Waals surface area contributed by atoms with Crippen LogP contribution in [0.4, 0.5) is 13.2 Å². The molecule has 1 aromatic rings. The summed E-state index contributed by atoms with van der Waals surface area (Å²) in [6.07, 6.45) is -1.83. The molecule has 0 fully saturated rings. The third kappa shape index (κ3) is 2.76. The Morgan fingerprint density at radius 3 is 2.54 bits per heavy atom. The van der Waals surface area contributed by atoms with Crippen molar-refractivity contribution in [1.82, 2.24) is 0 Å². The highest BCUT2D eigenvalue weighted by Gasteiger charge is 2.30. The van der Waals surface area contributed by atoms with Crippen LogP contribution < -0.4 is 0 Å². The zero-order valence-corrected chi connectivity index (χ0v) is 7.23. The van der Waals surface area contributed by atoms with E-state index in [0.717, 1.165) is 6.07 Å². The highest BCUT2D eigenvalue weighted by Crippen LogP contribution is 2.29. The molecule has 0 spiro atoms. The van der Waals surface area contributed by atoms with E-state index in [-0.39, 0.29) is 0 Å². The van der Waals surface area contributed by atoms with E-state index in [9.17, 15) is 13.2 Å². The van der Waals surface area contributed by atoms with E-state index in [4.69, 9.17) is 0 Å². The van der Waals surface area contributed by atoms with Crippen LogP contribution in [0.5, 0.6) is 0 Å². The molecule has 71 valence electrons. The topological polar surface area (TPSA) is 0 Å². The van der Waals surface area contributed by atoms with Gasteiger partial charge in [-0.25, -0.2) is 0 Å². The lowest BCUT2D eigenvalue weighted by Gasteiger charge is -2.07. The number of hydrogen-bond donors (Lipinski definition) is 0. The van der Waals surface area contributed by atoms with Crippen molar-refractivity contribution >= 4 is 0 Å². The molecule has 1 radical (unpaired) electrons. The van der Waals surface area contributed by atoms with Crippen LogP contribution in [-0.2, 0) is 12.6 Å². The zero-order valence-electron chi connectivity index (χ0n) is 7.23. The van der Waals surface area contributed by atoms with Gasteiger partial charge in [-0.2, -0.15) is 13.2 Å². The Balaban J connectivity index is 2.92. The molecule has 0 N–H and O–H groups in total. The summed E-state index contributed by atoms with van der Waals surface area (Å²) >= 11 is 0. The smallest absolute Gasteiger partial charge is 0.166 e. The van der Waals surface area contributed by atoms with Gasteiger partial charge in [0.15, 0.2) is 0 Å². The molecule has 0 aliphatic carbocycles. The molecule has 0 aliphatic rings. The van der Waals surface area contributed by atoms with Gasteiger partial charge in [0, 0.05) is 0 Å². The Morgan fingerprint density at radius 1 is 1.31 bits per heavy atom. The molecule has 0 amide bonds. The van der Waals surface area contributed by atoms with E-state index in [0.29, 0.717) is 12.0 Å². The highest BCUT2D eigenvalue weighted by molar-refractivity contribution is 5.26. The Bertz CT molecular complexity index is 276. The minimum Gasteiger partial charge on any atom is -0.166 e. The fraction of sp³-hybridized carbons (Fsp3) is 0.300. The monoisotopic (exact) mass is 187 g/mol. The van der Waals surface area contributed by atoms with Crippen LogP contribution in [0.25, 0.3) is 0 Å². The van der Waals surface area contributed by atoms with Crippen LogP contribution in [-0.4, -0.2) is 0 Å². The summed E-state index contributed by atoms with van der Waals surface area (Å²) in [7, 11) is 0. The average Bonchev–Trinajstić information content (AvgIpc) is 2.04. The SMILES string of the molecule is C[CH]Cc1cccc(C(F)(F)F)c1. The van der Waals surface area contributed by atoms with Crippen LogP contribution >= 0.6 is 0 Å². The minimum absolute atomic E-state index is 0.573. The molecule has 0 saturated carbocycles. The molecule has 1 aromatic carbocycles. The average molecular weight is 187 g/mol. The van der Waals surface area contributed by atoms with Gasteiger partial charge >= 0.3 is 6.18 Å². The largest absolute Gasteiger partial charge is 0.416 e. The van der Waals surface area contributed by atoms with Gasteiger partial charge in [0.2, 0.25) is 0 Å². The molecule has 1 rings (SSSR count). The maximum Gasteiger partial charge on any atom is 0.416 e. The Hall–Kier alpha value is -0.990. The number of halogens is 3. The van der Waals surface area contributed by atoms with E-state index in [1.807, 2.05) is 13.3 Å². The van der Waals surface area contributed by atoms with Crippen molar-refractivity contribution in [3.63, 3.8) is 0 Å². The second-order valence-corrected chi connectivity index (χ2v) is 2.81. The Morgan fingerprint density at radius 2 is 2.00 bits per heavy atom. The van der Waals surface area contributed by atoms with E-state index in [1.165, 1.54) is 12.1 Å². The molecule has 0 atom stereocenters. The molecule has 0 heterocycles. The standard InChI is InChI=1S/C10H10F3/c1-2-4-8-5-3-6-9(7-8)10(11,12)13/h2-3,5-7H,4H2,1H3. The summed E-state index contributed by atoms with van der Waals surface area (Å²) in [5.41, 5.74) is 0.115. The quantitative estimate of drug-likeness (QED) is 0.665. The molecule has 0 aliphatic heterocycles. The van der Waals surface area contributed by atoms with Gasteiger partial charge in [0.25, 0.3) is 0 Å². The second kappa shape index (κ2) is 3.81. The summed E-state index contributed by atoms with van der Waals surface area (Å²) in [5, 5.41) is 0. The van der Waals surface area contributed by atoms with Crippen molar-refractivity contribution in [2.75, 3.05) is 0 Å². The van der Waals surface area contributed by atoms with Gasteiger partial charge < -0.3 is 0 Å². The number of hydrogen-bond acceptors (Lipinski definition) is 0. The maximum absolute atomic E-state index is 12.2. The first-order valence-corrected chi connectivity index (χ1v) is 3.98. The lowest BCUT2D eigenvalue weighted by molar-refractivity contribution is -0.137. The molecule has 13 heavy (non-hydrogen) atoms. The van der Waals surface area contributed by atoms with Crippen LogP contribution in [0.2, 0.25) is 0 Å². The molecule has 0 saturated heterocycles. The van der Waals surface area contributed by atoms with Crippen LogP contribution in [0.15, 0.2) is 24.3 Å². The maximum atomic E-state index is 12.2. The first-order valence-electron chi connectivity index (χ1n) is 3.98. The minimum atomic E-state index is -4.23. The van der Waals surface area contributed by atoms with Gasteiger partial charge in [0.1, 0.15) is 0 Å². The van der Waals surface area contributed by atoms with Crippen LogP contribution in [0.3, 0.4) is 0 Å². The van der Waals surface area contributed by atoms with Gasteiger partial charge in [-0.15, -0.1) is 0 Å². The zero-order chi connectivity index (χ0) is 9.90. The highest BCUT2D eigenvalue weighted by atomic mass is 19.4. The molecule has 0 aromatic heterocycles. The van der Waals surface area contributed by atoms with Crippen molar-refractivity contribution in [2.45, 2.75) is 19.5 Å². The summed E-state index contributed by atoms with van der Waals surface area (Å²) in [6.45, 7) is 1.82. The van der Waals surface area contributed by atoms with Crippen molar-refractivity contribution < 1.29 is 13.2 Å². The third-order valence-electron chi connectivity index (χ3n) is 1.69. The predicted octanol–water partition coefficient (Wildman–Crippen LogP) is 3.47. The van der Waals surface area contributed by atoms with Gasteiger partial charge in [-0.3, -0.25) is 0 Å². The lowest BCUT2D eigenvalue weighted by atomic mass is 10.1. The molecule has 3 heteroatoms.